The number of benzene rings is 1. The van der Waals surface area contributed by atoms with Gasteiger partial charge in [-0.15, -0.1) is 0 Å². The molecule has 6 heteroatoms. The van der Waals surface area contributed by atoms with Crippen molar-refractivity contribution >= 4 is 39.3 Å². The molecule has 0 heterocycles. The van der Waals surface area contributed by atoms with Crippen LogP contribution in [0.5, 0.6) is 0 Å². The van der Waals surface area contributed by atoms with E-state index in [9.17, 15) is 4.79 Å². The first kappa shape index (κ1) is 15.3. The Morgan fingerprint density at radius 2 is 2.17 bits per heavy atom. The van der Waals surface area contributed by atoms with Crippen molar-refractivity contribution in [3.05, 3.63) is 28.2 Å². The number of anilines is 1. The highest BCUT2D eigenvalue weighted by atomic mass is 79.9. The molecule has 0 atom stereocenters. The zero-order chi connectivity index (χ0) is 13.4. The van der Waals surface area contributed by atoms with Crippen molar-refractivity contribution in [3.8, 4) is 0 Å². The number of halogens is 1. The van der Waals surface area contributed by atoms with Crippen molar-refractivity contribution in [3.63, 3.8) is 0 Å². The third kappa shape index (κ3) is 5.29. The lowest BCUT2D eigenvalue weighted by atomic mass is 10.2. The molecule has 1 aromatic carbocycles. The Morgan fingerprint density at radius 3 is 2.83 bits per heavy atom. The lowest BCUT2D eigenvalue weighted by Crippen LogP contribution is -2.09. The molecule has 0 aliphatic rings. The summed E-state index contributed by atoms with van der Waals surface area (Å²) in [7, 11) is 0. The largest absolute Gasteiger partial charge is 0.478 e. The van der Waals surface area contributed by atoms with E-state index >= 15 is 0 Å². The third-order valence-corrected chi connectivity index (χ3v) is 3.78. The van der Waals surface area contributed by atoms with Gasteiger partial charge in [0.05, 0.1) is 5.56 Å². The van der Waals surface area contributed by atoms with Crippen LogP contribution < -0.4 is 5.32 Å². The van der Waals surface area contributed by atoms with Gasteiger partial charge in [-0.25, -0.2) is 4.79 Å². The number of aliphatic hydroxyl groups excluding tert-OH is 1. The van der Waals surface area contributed by atoms with Crippen molar-refractivity contribution in [1.29, 1.82) is 0 Å². The number of carbonyl (C=O) groups is 1. The first-order valence-corrected chi connectivity index (χ1v) is 7.55. The van der Waals surface area contributed by atoms with Gasteiger partial charge in [-0.3, -0.25) is 0 Å². The van der Waals surface area contributed by atoms with Crippen molar-refractivity contribution < 1.29 is 15.0 Å². The van der Waals surface area contributed by atoms with Gasteiger partial charge in [0, 0.05) is 29.1 Å². The fraction of sp³-hybridized carbons (Fsp3) is 0.417. The van der Waals surface area contributed by atoms with E-state index in [1.54, 1.807) is 23.9 Å². The lowest BCUT2D eigenvalue weighted by molar-refractivity contribution is 0.0698. The molecule has 1 rings (SSSR count). The number of hydrogen-bond acceptors (Lipinski definition) is 4. The van der Waals surface area contributed by atoms with Gasteiger partial charge in [-0.2, -0.15) is 11.8 Å². The molecule has 0 unspecified atom stereocenters. The summed E-state index contributed by atoms with van der Waals surface area (Å²) >= 11 is 4.99. The van der Waals surface area contributed by atoms with Crippen LogP contribution in [0.2, 0.25) is 0 Å². The van der Waals surface area contributed by atoms with Crippen molar-refractivity contribution in [1.82, 2.24) is 0 Å². The van der Waals surface area contributed by atoms with Gasteiger partial charge in [-0.1, -0.05) is 15.9 Å². The summed E-state index contributed by atoms with van der Waals surface area (Å²) in [5, 5.41) is 20.8. The van der Waals surface area contributed by atoms with Gasteiger partial charge < -0.3 is 15.5 Å². The van der Waals surface area contributed by atoms with E-state index < -0.39 is 5.97 Å². The van der Waals surface area contributed by atoms with Crippen molar-refractivity contribution in [2.75, 3.05) is 30.0 Å². The highest BCUT2D eigenvalue weighted by Crippen LogP contribution is 2.21. The average Bonchev–Trinajstić information content (AvgIpc) is 2.35. The molecule has 0 saturated carbocycles. The van der Waals surface area contributed by atoms with Gasteiger partial charge in [0.2, 0.25) is 0 Å². The van der Waals surface area contributed by atoms with E-state index in [4.69, 9.17) is 10.2 Å². The molecule has 0 fully saturated rings. The second kappa shape index (κ2) is 8.39. The molecule has 0 saturated heterocycles. The minimum atomic E-state index is -0.938. The molecule has 0 aliphatic carbocycles. The number of hydrogen-bond donors (Lipinski definition) is 3. The number of aliphatic hydroxyl groups is 1. The fourth-order valence-corrected chi connectivity index (χ4v) is 2.52. The molecule has 18 heavy (non-hydrogen) atoms. The van der Waals surface area contributed by atoms with Crippen LogP contribution in [0, 0.1) is 0 Å². The Morgan fingerprint density at radius 1 is 1.39 bits per heavy atom. The Kier molecular flexibility index (Phi) is 7.15. The van der Waals surface area contributed by atoms with E-state index in [1.807, 2.05) is 6.07 Å². The number of carboxylic acids is 1. The topological polar surface area (TPSA) is 69.6 Å². The molecule has 1 aromatic rings. The van der Waals surface area contributed by atoms with Crippen LogP contribution in [-0.2, 0) is 0 Å². The highest BCUT2D eigenvalue weighted by molar-refractivity contribution is 9.10. The summed E-state index contributed by atoms with van der Waals surface area (Å²) < 4.78 is 0.753. The van der Waals surface area contributed by atoms with Crippen LogP contribution >= 0.6 is 27.7 Å². The van der Waals surface area contributed by atoms with Crippen LogP contribution in [0.25, 0.3) is 0 Å². The summed E-state index contributed by atoms with van der Waals surface area (Å²) in [5.74, 6) is 0.867. The summed E-state index contributed by atoms with van der Waals surface area (Å²) in [6, 6.07) is 5.16. The van der Waals surface area contributed by atoms with E-state index in [-0.39, 0.29) is 12.2 Å². The van der Waals surface area contributed by atoms with Crippen LogP contribution in [-0.4, -0.2) is 40.8 Å². The number of thioether (sulfide) groups is 1. The number of rotatable bonds is 8. The van der Waals surface area contributed by atoms with Gasteiger partial charge in [0.1, 0.15) is 0 Å². The molecule has 100 valence electrons. The molecule has 0 aromatic heterocycles. The summed E-state index contributed by atoms with van der Waals surface area (Å²) in [6.07, 6.45) is 0.795. The maximum Gasteiger partial charge on any atom is 0.337 e. The molecule has 0 spiro atoms. The van der Waals surface area contributed by atoms with Gasteiger partial charge >= 0.3 is 5.97 Å². The first-order valence-electron chi connectivity index (χ1n) is 5.60. The Bertz CT molecular complexity index is 401. The second-order valence-corrected chi connectivity index (χ2v) is 5.75. The van der Waals surface area contributed by atoms with Gasteiger partial charge in [-0.05, 0) is 30.4 Å². The first-order chi connectivity index (χ1) is 8.65. The maximum absolute atomic E-state index is 11.1. The van der Waals surface area contributed by atoms with Gasteiger partial charge in [0.25, 0.3) is 0 Å². The van der Waals surface area contributed by atoms with Crippen LogP contribution in [0.3, 0.4) is 0 Å². The average molecular weight is 334 g/mol. The fourth-order valence-electron chi connectivity index (χ4n) is 1.37. The summed E-state index contributed by atoms with van der Waals surface area (Å²) in [4.78, 5) is 11.1. The van der Waals surface area contributed by atoms with Crippen molar-refractivity contribution in [2.45, 2.75) is 6.42 Å². The van der Waals surface area contributed by atoms with E-state index in [0.717, 1.165) is 22.4 Å². The number of nitrogens with one attached hydrogen (secondary N) is 1. The van der Waals surface area contributed by atoms with Crippen LogP contribution in [0.15, 0.2) is 22.7 Å². The lowest BCUT2D eigenvalue weighted by Gasteiger charge is -2.09. The SMILES string of the molecule is O=C(O)c1cc(Br)ccc1NCCSCCCO. The monoisotopic (exact) mass is 333 g/mol. The summed E-state index contributed by atoms with van der Waals surface area (Å²) in [5.41, 5.74) is 0.901. The van der Waals surface area contributed by atoms with Crippen molar-refractivity contribution in [2.24, 2.45) is 0 Å². The molecular formula is C12H16BrNO3S. The zero-order valence-corrected chi connectivity index (χ0v) is 12.3. The Balaban J connectivity index is 2.44. The Hall–Kier alpha value is -0.720. The Labute approximate surface area is 119 Å². The minimum Gasteiger partial charge on any atom is -0.478 e. The third-order valence-electron chi connectivity index (χ3n) is 2.22. The number of carboxylic acid groups (broad SMARTS) is 1. The summed E-state index contributed by atoms with van der Waals surface area (Å²) in [6.45, 7) is 0.925. The molecule has 0 bridgehead atoms. The number of aromatic carboxylic acids is 1. The van der Waals surface area contributed by atoms with Gasteiger partial charge in [0.15, 0.2) is 0 Å². The van der Waals surface area contributed by atoms with E-state index in [1.165, 1.54) is 0 Å². The molecule has 4 nitrogen and oxygen atoms in total. The zero-order valence-electron chi connectivity index (χ0n) is 9.86. The molecular weight excluding hydrogens is 318 g/mol. The predicted octanol–water partition coefficient (Wildman–Crippen LogP) is 2.67. The molecule has 0 aliphatic heterocycles. The van der Waals surface area contributed by atoms with E-state index in [0.29, 0.717) is 12.2 Å². The van der Waals surface area contributed by atoms with E-state index in [2.05, 4.69) is 21.2 Å². The predicted molar refractivity (Wildman–Crippen MR) is 78.6 cm³/mol. The van der Waals surface area contributed by atoms with Crippen LogP contribution in [0.1, 0.15) is 16.8 Å². The minimum absolute atomic E-state index is 0.219. The smallest absolute Gasteiger partial charge is 0.337 e. The molecule has 3 N–H and O–H groups in total. The normalized spacial score (nSPS) is 10.3. The highest BCUT2D eigenvalue weighted by Gasteiger charge is 2.09. The molecule has 0 radical (unpaired) electrons. The maximum atomic E-state index is 11.1. The van der Waals surface area contributed by atoms with Crippen LogP contribution in [0.4, 0.5) is 5.69 Å². The standard InChI is InChI=1S/C12H16BrNO3S/c13-9-2-3-11(10(8-9)12(16)17)14-4-7-18-6-1-5-15/h2-3,8,14-15H,1,4-7H2,(H,16,17). The molecule has 0 amide bonds. The quantitative estimate of drug-likeness (QED) is 0.638. The second-order valence-electron chi connectivity index (χ2n) is 3.61.